The van der Waals surface area contributed by atoms with E-state index in [4.69, 9.17) is 0 Å². The van der Waals surface area contributed by atoms with E-state index in [0.717, 1.165) is 33.2 Å². The first-order chi connectivity index (χ1) is 9.44. The van der Waals surface area contributed by atoms with Crippen molar-refractivity contribution in [1.29, 1.82) is 0 Å². The molecule has 0 saturated heterocycles. The van der Waals surface area contributed by atoms with Crippen LogP contribution in [-0.4, -0.2) is 14.9 Å². The molecule has 1 aromatic heterocycles. The Morgan fingerprint density at radius 1 is 1.25 bits per heavy atom. The van der Waals surface area contributed by atoms with Crippen LogP contribution in [0.25, 0.3) is 0 Å². The van der Waals surface area contributed by atoms with Gasteiger partial charge in [-0.3, -0.25) is 4.68 Å². The van der Waals surface area contributed by atoms with E-state index in [9.17, 15) is 5.11 Å². The van der Waals surface area contributed by atoms with Crippen molar-refractivity contribution in [3.63, 3.8) is 0 Å². The summed E-state index contributed by atoms with van der Waals surface area (Å²) < 4.78 is 3.77. The van der Waals surface area contributed by atoms with E-state index in [2.05, 4.69) is 43.9 Å². The number of benzene rings is 1. The Balaban J connectivity index is 2.29. The second-order valence-electron chi connectivity index (χ2n) is 5.14. The zero-order valence-corrected chi connectivity index (χ0v) is 14.8. The van der Waals surface area contributed by atoms with E-state index in [1.54, 1.807) is 6.20 Å². The monoisotopic (exact) mass is 400 g/mol. The normalized spacial score (nSPS) is 14.2. The van der Waals surface area contributed by atoms with Crippen molar-refractivity contribution >= 4 is 31.9 Å². The van der Waals surface area contributed by atoms with Crippen LogP contribution < -0.4 is 0 Å². The highest BCUT2D eigenvalue weighted by molar-refractivity contribution is 9.10. The first-order valence-electron chi connectivity index (χ1n) is 6.62. The number of aromatic nitrogens is 2. The van der Waals surface area contributed by atoms with Gasteiger partial charge in [-0.25, -0.2) is 0 Å². The van der Waals surface area contributed by atoms with Crippen molar-refractivity contribution in [3.8, 4) is 0 Å². The summed E-state index contributed by atoms with van der Waals surface area (Å²) in [6, 6.07) is 8.02. The Labute approximate surface area is 136 Å². The summed E-state index contributed by atoms with van der Waals surface area (Å²) in [6.45, 7) is 4.74. The molecule has 0 fully saturated rings. The highest BCUT2D eigenvalue weighted by atomic mass is 79.9. The van der Waals surface area contributed by atoms with Gasteiger partial charge in [0.2, 0.25) is 0 Å². The van der Waals surface area contributed by atoms with Gasteiger partial charge in [-0.15, -0.1) is 0 Å². The first kappa shape index (κ1) is 15.7. The van der Waals surface area contributed by atoms with Crippen LogP contribution in [0.4, 0.5) is 0 Å². The molecule has 5 heteroatoms. The topological polar surface area (TPSA) is 38.0 Å². The second kappa shape index (κ2) is 6.41. The van der Waals surface area contributed by atoms with Crippen molar-refractivity contribution < 1.29 is 5.11 Å². The van der Waals surface area contributed by atoms with Gasteiger partial charge in [0.1, 0.15) is 5.60 Å². The van der Waals surface area contributed by atoms with Gasteiger partial charge in [-0.1, -0.05) is 35.0 Å². The Morgan fingerprint density at radius 3 is 2.50 bits per heavy atom. The van der Waals surface area contributed by atoms with Crippen molar-refractivity contribution in [2.45, 2.75) is 38.8 Å². The number of nitrogens with zero attached hydrogens (tertiary/aromatic N) is 2. The molecule has 0 radical (unpaired) electrons. The fourth-order valence-corrected chi connectivity index (χ4v) is 3.35. The summed E-state index contributed by atoms with van der Waals surface area (Å²) in [7, 11) is 0. The number of aliphatic hydroxyl groups is 1. The van der Waals surface area contributed by atoms with Gasteiger partial charge < -0.3 is 5.11 Å². The lowest BCUT2D eigenvalue weighted by atomic mass is 9.93. The van der Waals surface area contributed by atoms with Gasteiger partial charge in [0.05, 0.1) is 16.4 Å². The summed E-state index contributed by atoms with van der Waals surface area (Å²) in [5.41, 5.74) is 0.967. The van der Waals surface area contributed by atoms with Crippen LogP contribution in [0.3, 0.4) is 0 Å². The zero-order valence-electron chi connectivity index (χ0n) is 11.6. The highest BCUT2D eigenvalue weighted by Crippen LogP contribution is 2.31. The minimum atomic E-state index is -0.960. The van der Waals surface area contributed by atoms with E-state index >= 15 is 0 Å². The van der Waals surface area contributed by atoms with Crippen molar-refractivity contribution in [3.05, 3.63) is 50.7 Å². The maximum absolute atomic E-state index is 10.9. The molecular formula is C15H18Br2N2O. The van der Waals surface area contributed by atoms with E-state index in [1.807, 2.05) is 35.9 Å². The average Bonchev–Trinajstić information content (AvgIpc) is 2.74. The molecule has 1 N–H and O–H groups in total. The zero-order chi connectivity index (χ0) is 14.8. The predicted octanol–water partition coefficient (Wildman–Crippen LogP) is 4.27. The Kier molecular flexibility index (Phi) is 5.04. The molecule has 1 heterocycles. The minimum absolute atomic E-state index is 0.550. The predicted molar refractivity (Wildman–Crippen MR) is 87.6 cm³/mol. The molecule has 0 saturated carbocycles. The summed E-state index contributed by atoms with van der Waals surface area (Å²) in [5, 5.41) is 15.2. The molecule has 1 aromatic carbocycles. The molecule has 0 aliphatic heterocycles. The van der Waals surface area contributed by atoms with Gasteiger partial charge >= 0.3 is 0 Å². The van der Waals surface area contributed by atoms with Crippen molar-refractivity contribution in [2.24, 2.45) is 0 Å². The smallest absolute Gasteiger partial charge is 0.109 e. The number of hydrogen-bond donors (Lipinski definition) is 1. The first-order valence-corrected chi connectivity index (χ1v) is 8.21. The van der Waals surface area contributed by atoms with Gasteiger partial charge in [0.15, 0.2) is 0 Å². The van der Waals surface area contributed by atoms with E-state index in [0.29, 0.717) is 6.42 Å². The molecule has 2 aromatic rings. The molecule has 1 atom stereocenters. The highest BCUT2D eigenvalue weighted by Gasteiger charge is 2.30. The van der Waals surface area contributed by atoms with Crippen LogP contribution in [0.15, 0.2) is 39.4 Å². The summed E-state index contributed by atoms with van der Waals surface area (Å²) in [6.07, 6.45) is 3.28. The number of hydrogen-bond acceptors (Lipinski definition) is 2. The summed E-state index contributed by atoms with van der Waals surface area (Å²) >= 11 is 6.92. The van der Waals surface area contributed by atoms with Gasteiger partial charge in [-0.05, 0) is 47.0 Å². The van der Waals surface area contributed by atoms with Gasteiger partial charge in [0, 0.05) is 17.4 Å². The van der Waals surface area contributed by atoms with Crippen molar-refractivity contribution in [1.82, 2.24) is 9.78 Å². The maximum atomic E-state index is 10.9. The van der Waals surface area contributed by atoms with Crippen LogP contribution in [0, 0.1) is 0 Å². The molecule has 0 spiro atoms. The van der Waals surface area contributed by atoms with Gasteiger partial charge in [0.25, 0.3) is 0 Å². The summed E-state index contributed by atoms with van der Waals surface area (Å²) in [5.74, 6) is 0. The molecule has 1 unspecified atom stereocenters. The lowest BCUT2D eigenvalue weighted by molar-refractivity contribution is 0.0470. The molecule has 2 rings (SSSR count). The number of aryl methyl sites for hydroxylation is 1. The largest absolute Gasteiger partial charge is 0.383 e. The van der Waals surface area contributed by atoms with Crippen LogP contribution in [0.2, 0.25) is 0 Å². The lowest BCUT2D eigenvalue weighted by Crippen LogP contribution is -2.28. The van der Waals surface area contributed by atoms with Crippen LogP contribution in [0.1, 0.15) is 31.5 Å². The fourth-order valence-electron chi connectivity index (χ4n) is 2.36. The molecular weight excluding hydrogens is 384 g/mol. The second-order valence-corrected chi connectivity index (χ2v) is 6.91. The minimum Gasteiger partial charge on any atom is -0.383 e. The standard InChI is InChI=1S/C15H18Br2N2O/c1-3-8-19-14(13(17)10-18-19)15(2,20)9-11-4-6-12(16)7-5-11/h4-7,10,20H,3,8-9H2,1-2H3. The Bertz CT molecular complexity index is 576. The third-order valence-electron chi connectivity index (χ3n) is 3.20. The summed E-state index contributed by atoms with van der Waals surface area (Å²) in [4.78, 5) is 0. The Morgan fingerprint density at radius 2 is 1.90 bits per heavy atom. The lowest BCUT2D eigenvalue weighted by Gasteiger charge is -2.25. The van der Waals surface area contributed by atoms with Crippen molar-refractivity contribution in [2.75, 3.05) is 0 Å². The molecule has 20 heavy (non-hydrogen) atoms. The Hall–Kier alpha value is -0.650. The third-order valence-corrected chi connectivity index (χ3v) is 4.31. The molecule has 0 aliphatic carbocycles. The van der Waals surface area contributed by atoms with E-state index in [-0.39, 0.29) is 0 Å². The van der Waals surface area contributed by atoms with Crippen LogP contribution in [0.5, 0.6) is 0 Å². The van der Waals surface area contributed by atoms with Gasteiger partial charge in [-0.2, -0.15) is 5.10 Å². The molecule has 0 amide bonds. The number of halogens is 2. The molecule has 0 aliphatic rings. The molecule has 3 nitrogen and oxygen atoms in total. The fraction of sp³-hybridized carbons (Fsp3) is 0.400. The van der Waals surface area contributed by atoms with Crippen LogP contribution in [-0.2, 0) is 18.6 Å². The average molecular weight is 402 g/mol. The maximum Gasteiger partial charge on any atom is 0.109 e. The molecule has 0 bridgehead atoms. The SMILES string of the molecule is CCCn1ncc(Br)c1C(C)(O)Cc1ccc(Br)cc1. The van der Waals surface area contributed by atoms with E-state index in [1.165, 1.54) is 0 Å². The van der Waals surface area contributed by atoms with Crippen LogP contribution >= 0.6 is 31.9 Å². The van der Waals surface area contributed by atoms with E-state index < -0.39 is 5.60 Å². The third kappa shape index (κ3) is 3.51. The number of rotatable bonds is 5. The molecule has 108 valence electrons. The quantitative estimate of drug-likeness (QED) is 0.812.